The average molecular weight is 341 g/mol. The number of nitriles is 1. The highest BCUT2D eigenvalue weighted by Gasteiger charge is 2.15. The molecule has 4 nitrogen and oxygen atoms in total. The predicted molar refractivity (Wildman–Crippen MR) is 87.4 cm³/mol. The third kappa shape index (κ3) is 2.18. The van der Waals surface area contributed by atoms with Crippen LogP contribution in [0.4, 0.5) is 5.95 Å². The van der Waals surface area contributed by atoms with Crippen LogP contribution in [0.5, 0.6) is 0 Å². The molecular weight excluding hydrogens is 328 g/mol. The Bertz CT molecular complexity index is 880. The van der Waals surface area contributed by atoms with Crippen molar-refractivity contribution in [1.82, 2.24) is 9.55 Å². The summed E-state index contributed by atoms with van der Waals surface area (Å²) in [6, 6.07) is 11.6. The standard InChI is InChI=1S/C16H13BrN4/c1-9-5-12(17)6-10(2)15(9)21-14-7-11(8-18)3-4-13(14)20-16(21)19/h3-7H,1-2H3,(H2,19,20). The van der Waals surface area contributed by atoms with Crippen LogP contribution in [0.15, 0.2) is 34.8 Å². The largest absolute Gasteiger partial charge is 0.369 e. The Hall–Kier alpha value is -2.32. The number of aryl methyl sites for hydroxylation is 2. The zero-order chi connectivity index (χ0) is 15.1. The molecule has 0 aliphatic rings. The normalized spacial score (nSPS) is 10.8. The third-order valence-electron chi connectivity index (χ3n) is 3.49. The van der Waals surface area contributed by atoms with E-state index in [4.69, 9.17) is 11.0 Å². The van der Waals surface area contributed by atoms with Crippen molar-refractivity contribution >= 4 is 32.9 Å². The Morgan fingerprint density at radius 2 is 1.86 bits per heavy atom. The highest BCUT2D eigenvalue weighted by atomic mass is 79.9. The fourth-order valence-corrected chi connectivity index (χ4v) is 3.34. The molecule has 0 amide bonds. The van der Waals surface area contributed by atoms with Crippen LogP contribution in [0.1, 0.15) is 16.7 Å². The van der Waals surface area contributed by atoms with Crippen LogP contribution in [-0.2, 0) is 0 Å². The smallest absolute Gasteiger partial charge is 0.205 e. The molecular formula is C16H13BrN4. The van der Waals surface area contributed by atoms with Crippen LogP contribution in [0.2, 0.25) is 0 Å². The lowest BCUT2D eigenvalue weighted by atomic mass is 10.1. The Morgan fingerprint density at radius 1 is 1.19 bits per heavy atom. The molecule has 0 bridgehead atoms. The number of hydrogen-bond donors (Lipinski definition) is 1. The van der Waals surface area contributed by atoms with Gasteiger partial charge in [0.25, 0.3) is 0 Å². The SMILES string of the molecule is Cc1cc(Br)cc(C)c1-n1c(N)nc2ccc(C#N)cc21. The lowest BCUT2D eigenvalue weighted by molar-refractivity contribution is 1.07. The van der Waals surface area contributed by atoms with Crippen molar-refractivity contribution in [1.29, 1.82) is 5.26 Å². The number of anilines is 1. The summed E-state index contributed by atoms with van der Waals surface area (Å²) in [5.41, 5.74) is 11.5. The number of benzene rings is 2. The molecule has 0 radical (unpaired) electrons. The van der Waals surface area contributed by atoms with Crippen molar-refractivity contribution < 1.29 is 0 Å². The molecule has 0 aliphatic carbocycles. The fraction of sp³-hybridized carbons (Fsp3) is 0.125. The van der Waals surface area contributed by atoms with Crippen molar-refractivity contribution in [3.63, 3.8) is 0 Å². The van der Waals surface area contributed by atoms with Crippen LogP contribution in [0, 0.1) is 25.2 Å². The van der Waals surface area contributed by atoms with E-state index in [0.717, 1.165) is 32.3 Å². The topological polar surface area (TPSA) is 67.6 Å². The molecule has 21 heavy (non-hydrogen) atoms. The van der Waals surface area contributed by atoms with Gasteiger partial charge in [0.2, 0.25) is 5.95 Å². The van der Waals surface area contributed by atoms with Gasteiger partial charge in [0.15, 0.2) is 0 Å². The van der Waals surface area contributed by atoms with Gasteiger partial charge in [-0.15, -0.1) is 0 Å². The van der Waals surface area contributed by atoms with Crippen LogP contribution in [-0.4, -0.2) is 9.55 Å². The average Bonchev–Trinajstić information content (AvgIpc) is 2.73. The highest BCUT2D eigenvalue weighted by Crippen LogP contribution is 2.30. The van der Waals surface area contributed by atoms with Gasteiger partial charge >= 0.3 is 0 Å². The lowest BCUT2D eigenvalue weighted by Crippen LogP contribution is -2.05. The number of nitrogens with zero attached hydrogens (tertiary/aromatic N) is 3. The van der Waals surface area contributed by atoms with Crippen LogP contribution >= 0.6 is 15.9 Å². The molecule has 3 aromatic rings. The van der Waals surface area contributed by atoms with E-state index in [1.54, 1.807) is 6.07 Å². The maximum atomic E-state index is 9.09. The first-order valence-electron chi connectivity index (χ1n) is 6.46. The van der Waals surface area contributed by atoms with E-state index in [0.29, 0.717) is 11.5 Å². The van der Waals surface area contributed by atoms with Gasteiger partial charge in [0.05, 0.1) is 28.4 Å². The fourth-order valence-electron chi connectivity index (χ4n) is 2.65. The van der Waals surface area contributed by atoms with Crippen LogP contribution in [0.25, 0.3) is 16.7 Å². The summed E-state index contributed by atoms with van der Waals surface area (Å²) in [6.45, 7) is 4.07. The summed E-state index contributed by atoms with van der Waals surface area (Å²) in [4.78, 5) is 4.39. The molecule has 0 fully saturated rings. The molecule has 0 saturated carbocycles. The number of halogens is 1. The van der Waals surface area contributed by atoms with Crippen LogP contribution < -0.4 is 5.73 Å². The molecule has 0 spiro atoms. The van der Waals surface area contributed by atoms with E-state index < -0.39 is 0 Å². The molecule has 0 saturated heterocycles. The van der Waals surface area contributed by atoms with Gasteiger partial charge in [-0.2, -0.15) is 5.26 Å². The van der Waals surface area contributed by atoms with E-state index in [-0.39, 0.29) is 0 Å². The number of nitrogens with two attached hydrogens (primary N) is 1. The first-order valence-corrected chi connectivity index (χ1v) is 7.26. The molecule has 104 valence electrons. The minimum absolute atomic E-state index is 0.425. The number of aromatic nitrogens is 2. The number of rotatable bonds is 1. The van der Waals surface area contributed by atoms with Gasteiger partial charge in [-0.3, -0.25) is 4.57 Å². The molecule has 1 heterocycles. The second-order valence-electron chi connectivity index (χ2n) is 5.01. The minimum Gasteiger partial charge on any atom is -0.369 e. The zero-order valence-corrected chi connectivity index (χ0v) is 13.3. The number of nitrogen functional groups attached to an aromatic ring is 1. The maximum absolute atomic E-state index is 9.09. The van der Waals surface area contributed by atoms with E-state index >= 15 is 0 Å². The van der Waals surface area contributed by atoms with Crippen molar-refractivity contribution in [2.75, 3.05) is 5.73 Å². The molecule has 1 aromatic heterocycles. The molecule has 0 unspecified atom stereocenters. The van der Waals surface area contributed by atoms with Gasteiger partial charge in [-0.05, 0) is 55.3 Å². The van der Waals surface area contributed by atoms with Crippen molar-refractivity contribution in [2.24, 2.45) is 0 Å². The maximum Gasteiger partial charge on any atom is 0.205 e. The summed E-state index contributed by atoms with van der Waals surface area (Å²) < 4.78 is 2.94. The van der Waals surface area contributed by atoms with Crippen LogP contribution in [0.3, 0.4) is 0 Å². The van der Waals surface area contributed by atoms with Crippen molar-refractivity contribution in [3.05, 3.63) is 51.5 Å². The van der Waals surface area contributed by atoms with E-state index in [9.17, 15) is 0 Å². The molecule has 2 aromatic carbocycles. The van der Waals surface area contributed by atoms with E-state index in [2.05, 4.69) is 27.0 Å². The lowest BCUT2D eigenvalue weighted by Gasteiger charge is -2.14. The molecule has 2 N–H and O–H groups in total. The predicted octanol–water partition coefficient (Wildman–Crippen LogP) is 3.86. The third-order valence-corrected chi connectivity index (χ3v) is 3.95. The summed E-state index contributed by atoms with van der Waals surface area (Å²) >= 11 is 3.50. The molecule has 0 aliphatic heterocycles. The molecule has 3 rings (SSSR count). The zero-order valence-electron chi connectivity index (χ0n) is 11.7. The Kier molecular flexibility index (Phi) is 3.19. The van der Waals surface area contributed by atoms with Gasteiger partial charge < -0.3 is 5.73 Å². The Morgan fingerprint density at radius 3 is 2.48 bits per heavy atom. The van der Waals surface area contributed by atoms with Gasteiger partial charge in [-0.1, -0.05) is 15.9 Å². The van der Waals surface area contributed by atoms with E-state index in [1.807, 2.05) is 42.7 Å². The number of imidazole rings is 1. The minimum atomic E-state index is 0.425. The van der Waals surface area contributed by atoms with Gasteiger partial charge in [-0.25, -0.2) is 4.98 Å². The highest BCUT2D eigenvalue weighted by molar-refractivity contribution is 9.10. The monoisotopic (exact) mass is 340 g/mol. The van der Waals surface area contributed by atoms with Crippen molar-refractivity contribution in [3.8, 4) is 11.8 Å². The Balaban J connectivity index is 2.40. The number of hydrogen-bond acceptors (Lipinski definition) is 3. The first kappa shape index (κ1) is 13.7. The Labute approximate surface area is 131 Å². The molecule has 0 atom stereocenters. The van der Waals surface area contributed by atoms with Gasteiger partial charge in [0, 0.05) is 4.47 Å². The van der Waals surface area contributed by atoms with Gasteiger partial charge in [0.1, 0.15) is 0 Å². The first-order chi connectivity index (χ1) is 10.0. The summed E-state index contributed by atoms with van der Waals surface area (Å²) in [5.74, 6) is 0.425. The number of fused-ring (bicyclic) bond motifs is 1. The second kappa shape index (κ2) is 4.90. The summed E-state index contributed by atoms with van der Waals surface area (Å²) in [7, 11) is 0. The second-order valence-corrected chi connectivity index (χ2v) is 5.92. The summed E-state index contributed by atoms with van der Waals surface area (Å²) in [5, 5.41) is 9.09. The quantitative estimate of drug-likeness (QED) is 0.731. The van der Waals surface area contributed by atoms with E-state index in [1.165, 1.54) is 0 Å². The van der Waals surface area contributed by atoms with Crippen molar-refractivity contribution in [2.45, 2.75) is 13.8 Å². The molecule has 5 heteroatoms. The summed E-state index contributed by atoms with van der Waals surface area (Å²) in [6.07, 6.45) is 0.